The number of piperidine rings is 1. The van der Waals surface area contributed by atoms with Crippen LogP contribution >= 0.6 is 22.9 Å². The topological polar surface area (TPSA) is 121 Å². The molecule has 2 aromatic rings. The molecule has 1 saturated heterocycles. The van der Waals surface area contributed by atoms with Crippen molar-refractivity contribution in [2.24, 2.45) is 10.9 Å². The molecule has 0 radical (unpaired) electrons. The van der Waals surface area contributed by atoms with Gasteiger partial charge in [0.05, 0.1) is 29.2 Å². The monoisotopic (exact) mass is 477 g/mol. The third-order valence-electron chi connectivity index (χ3n) is 5.75. The van der Waals surface area contributed by atoms with E-state index in [0.717, 1.165) is 4.70 Å². The Bertz CT molecular complexity index is 1120. The van der Waals surface area contributed by atoms with E-state index in [4.69, 9.17) is 16.3 Å². The van der Waals surface area contributed by atoms with Crippen LogP contribution in [0.25, 0.3) is 10.1 Å². The average Bonchev–Trinajstić information content (AvgIpc) is 3.31. The summed E-state index contributed by atoms with van der Waals surface area (Å²) in [7, 11) is 1.55. The standard InChI is InChI=1S/C21H24ClN5O4S/c1-3-24-20(30)26-18-15(11-5-4-6-13(31-2)17(11)32-18)16(28)12-10-23-8-7-21(12)19(29)25-14(9-22)27-21/h4-6,12,23H,3,7-10H2,1-2H3,(H2,24,26,30)(H,25,27,29). The summed E-state index contributed by atoms with van der Waals surface area (Å²) in [6.45, 7) is 3.09. The first-order chi connectivity index (χ1) is 15.4. The summed E-state index contributed by atoms with van der Waals surface area (Å²) < 4.78 is 6.21. The number of anilines is 1. The van der Waals surface area contributed by atoms with E-state index in [0.29, 0.717) is 47.0 Å². The zero-order chi connectivity index (χ0) is 22.9. The van der Waals surface area contributed by atoms with Gasteiger partial charge in [-0.1, -0.05) is 12.1 Å². The first-order valence-corrected chi connectivity index (χ1v) is 11.7. The minimum absolute atomic E-state index is 0.0599. The number of aliphatic imine (C=N–C) groups is 1. The molecule has 9 nitrogen and oxygen atoms in total. The summed E-state index contributed by atoms with van der Waals surface area (Å²) in [5.41, 5.74) is -0.867. The van der Waals surface area contributed by atoms with Gasteiger partial charge in [0.1, 0.15) is 16.6 Å². The van der Waals surface area contributed by atoms with Crippen LogP contribution in [0.2, 0.25) is 0 Å². The Kier molecular flexibility index (Phi) is 6.36. The maximum atomic E-state index is 14.0. The molecule has 1 aromatic heterocycles. The number of amidine groups is 1. The van der Waals surface area contributed by atoms with Gasteiger partial charge in [0.25, 0.3) is 5.91 Å². The Balaban J connectivity index is 1.84. The quantitative estimate of drug-likeness (QED) is 0.376. The zero-order valence-electron chi connectivity index (χ0n) is 17.7. The molecule has 1 aromatic carbocycles. The number of ether oxygens (including phenoxy) is 1. The molecule has 0 bridgehead atoms. The summed E-state index contributed by atoms with van der Waals surface area (Å²) in [4.78, 5) is 43.8. The molecule has 1 fully saturated rings. The number of methoxy groups -OCH3 is 1. The molecule has 2 aliphatic rings. The number of nitrogens with one attached hydrogen (secondary N) is 4. The number of ketones is 1. The van der Waals surface area contributed by atoms with Crippen molar-refractivity contribution in [1.29, 1.82) is 0 Å². The van der Waals surface area contributed by atoms with Crippen molar-refractivity contribution < 1.29 is 19.1 Å². The van der Waals surface area contributed by atoms with Crippen LogP contribution in [-0.4, -0.2) is 61.7 Å². The first kappa shape index (κ1) is 22.5. The van der Waals surface area contributed by atoms with E-state index in [1.54, 1.807) is 19.2 Å². The molecule has 0 aliphatic carbocycles. The van der Waals surface area contributed by atoms with Crippen LogP contribution in [0.5, 0.6) is 5.75 Å². The molecule has 170 valence electrons. The number of carbonyl (C=O) groups excluding carboxylic acids is 3. The van der Waals surface area contributed by atoms with E-state index >= 15 is 0 Å². The van der Waals surface area contributed by atoms with Crippen LogP contribution in [0.4, 0.5) is 9.80 Å². The second kappa shape index (κ2) is 9.05. The van der Waals surface area contributed by atoms with Crippen LogP contribution in [0.3, 0.4) is 0 Å². The van der Waals surface area contributed by atoms with Gasteiger partial charge in [-0.05, 0) is 26.0 Å². The van der Waals surface area contributed by atoms with Crippen LogP contribution in [0.1, 0.15) is 23.7 Å². The van der Waals surface area contributed by atoms with Crippen molar-refractivity contribution in [3.8, 4) is 5.75 Å². The van der Waals surface area contributed by atoms with Gasteiger partial charge in [-0.15, -0.1) is 22.9 Å². The van der Waals surface area contributed by atoms with E-state index < -0.39 is 17.5 Å². The van der Waals surface area contributed by atoms with Crippen LogP contribution in [-0.2, 0) is 4.79 Å². The molecule has 4 N–H and O–H groups in total. The fraction of sp³-hybridized carbons (Fsp3) is 0.429. The van der Waals surface area contributed by atoms with Crippen molar-refractivity contribution in [2.75, 3.05) is 37.9 Å². The number of hydrogen-bond acceptors (Lipinski definition) is 7. The average molecular weight is 478 g/mol. The molecule has 11 heteroatoms. The lowest BCUT2D eigenvalue weighted by atomic mass is 9.74. The number of fused-ring (bicyclic) bond motifs is 1. The number of thiophene rings is 1. The minimum Gasteiger partial charge on any atom is -0.495 e. The van der Waals surface area contributed by atoms with Crippen molar-refractivity contribution in [1.82, 2.24) is 16.0 Å². The van der Waals surface area contributed by atoms with E-state index in [1.165, 1.54) is 11.3 Å². The Labute approximate surface area is 193 Å². The third kappa shape index (κ3) is 3.72. The van der Waals surface area contributed by atoms with Gasteiger partial charge in [0.2, 0.25) is 0 Å². The molecular formula is C21H24ClN5O4S. The highest BCUT2D eigenvalue weighted by Gasteiger charge is 2.54. The summed E-state index contributed by atoms with van der Waals surface area (Å²) in [6, 6.07) is 5.00. The highest BCUT2D eigenvalue weighted by Crippen LogP contribution is 2.44. The summed E-state index contributed by atoms with van der Waals surface area (Å²) in [5, 5.41) is 12.5. The van der Waals surface area contributed by atoms with Crippen LogP contribution < -0.4 is 26.0 Å². The first-order valence-electron chi connectivity index (χ1n) is 10.3. The molecule has 4 rings (SSSR count). The van der Waals surface area contributed by atoms with Gasteiger partial charge in [-0.3, -0.25) is 19.9 Å². The summed E-state index contributed by atoms with van der Waals surface area (Å²) >= 11 is 7.18. The van der Waals surface area contributed by atoms with E-state index in [1.807, 2.05) is 13.0 Å². The maximum absolute atomic E-state index is 14.0. The normalized spacial score (nSPS) is 22.5. The molecule has 32 heavy (non-hydrogen) atoms. The number of amides is 3. The maximum Gasteiger partial charge on any atom is 0.319 e. The Hall–Kier alpha value is -2.69. The number of halogens is 1. The second-order valence-corrected chi connectivity index (χ2v) is 8.86. The molecule has 1 spiro atoms. The van der Waals surface area contributed by atoms with Gasteiger partial charge >= 0.3 is 6.03 Å². The smallest absolute Gasteiger partial charge is 0.319 e. The van der Waals surface area contributed by atoms with Crippen molar-refractivity contribution in [2.45, 2.75) is 18.9 Å². The van der Waals surface area contributed by atoms with Crippen molar-refractivity contribution in [3.05, 3.63) is 23.8 Å². The fourth-order valence-corrected chi connectivity index (χ4v) is 5.59. The molecule has 0 saturated carbocycles. The van der Waals surface area contributed by atoms with Gasteiger partial charge in [-0.2, -0.15) is 0 Å². The molecule has 2 atom stereocenters. The number of urea groups is 1. The predicted octanol–water partition coefficient (Wildman–Crippen LogP) is 2.35. The highest BCUT2D eigenvalue weighted by molar-refractivity contribution is 7.24. The number of hydrogen-bond donors (Lipinski definition) is 4. The largest absolute Gasteiger partial charge is 0.495 e. The number of nitrogens with zero attached hydrogens (tertiary/aromatic N) is 1. The number of carbonyl (C=O) groups is 3. The predicted molar refractivity (Wildman–Crippen MR) is 125 cm³/mol. The minimum atomic E-state index is -1.22. The van der Waals surface area contributed by atoms with Gasteiger partial charge < -0.3 is 20.7 Å². The molecule has 3 heterocycles. The van der Waals surface area contributed by atoms with E-state index in [-0.39, 0.29) is 24.1 Å². The fourth-order valence-electron chi connectivity index (χ4n) is 4.27. The van der Waals surface area contributed by atoms with E-state index in [9.17, 15) is 14.4 Å². The molecule has 2 unspecified atom stereocenters. The summed E-state index contributed by atoms with van der Waals surface area (Å²) in [6.07, 6.45) is 0.375. The number of alkyl halides is 1. The van der Waals surface area contributed by atoms with Gasteiger partial charge in [0.15, 0.2) is 11.3 Å². The zero-order valence-corrected chi connectivity index (χ0v) is 19.3. The SMILES string of the molecule is CCNC(=O)Nc1sc2c(OC)cccc2c1C(=O)C1CNCCC12N=C(CCl)NC2=O. The van der Waals surface area contributed by atoms with Gasteiger partial charge in [0, 0.05) is 18.5 Å². The second-order valence-electron chi connectivity index (χ2n) is 7.57. The molecular weight excluding hydrogens is 454 g/mol. The number of benzene rings is 1. The lowest BCUT2D eigenvalue weighted by molar-refractivity contribution is -0.125. The Morgan fingerprint density at radius 3 is 2.91 bits per heavy atom. The molecule has 3 amide bonds. The Morgan fingerprint density at radius 1 is 1.41 bits per heavy atom. The van der Waals surface area contributed by atoms with Gasteiger partial charge in [-0.25, -0.2) is 4.79 Å². The lowest BCUT2D eigenvalue weighted by Crippen LogP contribution is -2.57. The van der Waals surface area contributed by atoms with Crippen molar-refractivity contribution >= 4 is 61.6 Å². The van der Waals surface area contributed by atoms with Crippen LogP contribution in [0.15, 0.2) is 23.2 Å². The highest BCUT2D eigenvalue weighted by atomic mass is 35.5. The van der Waals surface area contributed by atoms with Crippen molar-refractivity contribution in [3.63, 3.8) is 0 Å². The number of Topliss-reactive ketones (excluding diaryl/α,β-unsaturated/α-hetero) is 1. The van der Waals surface area contributed by atoms with Crippen LogP contribution in [0, 0.1) is 5.92 Å². The Morgan fingerprint density at radius 2 is 2.22 bits per heavy atom. The number of rotatable bonds is 6. The molecule has 2 aliphatic heterocycles. The lowest BCUT2D eigenvalue weighted by Gasteiger charge is -2.36. The summed E-state index contributed by atoms with van der Waals surface area (Å²) in [5.74, 6) is -0.307. The van der Waals surface area contributed by atoms with E-state index in [2.05, 4.69) is 26.3 Å². The third-order valence-corrected chi connectivity index (χ3v) is 7.14.